The summed E-state index contributed by atoms with van der Waals surface area (Å²) in [7, 11) is 0. The Bertz CT molecular complexity index is 281. The van der Waals surface area contributed by atoms with Crippen LogP contribution in [0.1, 0.15) is 39.5 Å². The molecule has 2 rings (SSSR count). The van der Waals surface area contributed by atoms with Crippen molar-refractivity contribution in [1.29, 1.82) is 0 Å². The maximum atomic E-state index is 12.5. The topological polar surface area (TPSA) is 52.6 Å². The van der Waals surface area contributed by atoms with Crippen LogP contribution in [0.25, 0.3) is 0 Å². The molecule has 0 spiro atoms. The molecule has 2 saturated heterocycles. The van der Waals surface area contributed by atoms with Crippen LogP contribution in [-0.2, 0) is 4.79 Å². The van der Waals surface area contributed by atoms with Gasteiger partial charge >= 0.3 is 0 Å². The molecule has 0 aromatic rings. The molecule has 0 aromatic carbocycles. The molecule has 2 bridgehead atoms. The first-order valence-corrected chi connectivity index (χ1v) is 6.81. The molecule has 2 aliphatic heterocycles. The van der Waals surface area contributed by atoms with E-state index in [0.717, 1.165) is 12.8 Å². The van der Waals surface area contributed by atoms with Gasteiger partial charge in [0.1, 0.15) is 0 Å². The highest BCUT2D eigenvalue weighted by Gasteiger charge is 2.44. The second kappa shape index (κ2) is 5.36. The second-order valence-corrected chi connectivity index (χ2v) is 5.59. The number of nitrogens with zero attached hydrogens (tertiary/aromatic N) is 1. The molecular formula is C13H24N2O2. The lowest BCUT2D eigenvalue weighted by molar-refractivity contribution is -0.138. The lowest BCUT2D eigenvalue weighted by Gasteiger charge is -2.31. The fourth-order valence-corrected chi connectivity index (χ4v) is 3.17. The SMILES string of the molecule is CC(C)N(CCCO)C(=O)C1CC2CCC1N2. The molecule has 2 aliphatic rings. The van der Waals surface area contributed by atoms with E-state index in [9.17, 15) is 4.79 Å². The Morgan fingerprint density at radius 1 is 1.47 bits per heavy atom. The van der Waals surface area contributed by atoms with Gasteiger partial charge in [0.25, 0.3) is 0 Å². The first-order valence-electron chi connectivity index (χ1n) is 6.81. The number of rotatable bonds is 5. The number of nitrogens with one attached hydrogen (secondary N) is 1. The molecule has 17 heavy (non-hydrogen) atoms. The van der Waals surface area contributed by atoms with Gasteiger partial charge in [-0.25, -0.2) is 0 Å². The molecule has 0 aliphatic carbocycles. The smallest absolute Gasteiger partial charge is 0.227 e. The standard InChI is InChI=1S/C13H24N2O2/c1-9(2)15(6-3-7-16)13(17)11-8-10-4-5-12(11)14-10/h9-12,14,16H,3-8H2,1-2H3. The van der Waals surface area contributed by atoms with Gasteiger partial charge in [-0.2, -0.15) is 0 Å². The molecule has 0 radical (unpaired) electrons. The average Bonchev–Trinajstić information content (AvgIpc) is 2.90. The van der Waals surface area contributed by atoms with E-state index in [1.54, 1.807) is 0 Å². The van der Waals surface area contributed by atoms with Crippen molar-refractivity contribution >= 4 is 5.91 Å². The van der Waals surface area contributed by atoms with Crippen molar-refractivity contribution < 1.29 is 9.90 Å². The number of hydrogen-bond acceptors (Lipinski definition) is 3. The van der Waals surface area contributed by atoms with Gasteiger partial charge in [-0.05, 0) is 39.5 Å². The van der Waals surface area contributed by atoms with E-state index in [1.807, 2.05) is 4.90 Å². The number of carbonyl (C=O) groups is 1. The first kappa shape index (κ1) is 12.8. The summed E-state index contributed by atoms with van der Waals surface area (Å²) in [5.74, 6) is 0.461. The summed E-state index contributed by atoms with van der Waals surface area (Å²) in [4.78, 5) is 14.4. The maximum absolute atomic E-state index is 12.5. The Morgan fingerprint density at radius 2 is 2.24 bits per heavy atom. The minimum absolute atomic E-state index is 0.158. The minimum atomic E-state index is 0.158. The van der Waals surface area contributed by atoms with Crippen LogP contribution in [0, 0.1) is 5.92 Å². The molecule has 3 atom stereocenters. The first-order chi connectivity index (χ1) is 8.13. The lowest BCUT2D eigenvalue weighted by Crippen LogP contribution is -2.45. The fraction of sp³-hybridized carbons (Fsp3) is 0.923. The van der Waals surface area contributed by atoms with Gasteiger partial charge in [-0.15, -0.1) is 0 Å². The Labute approximate surface area is 103 Å². The van der Waals surface area contributed by atoms with Crippen LogP contribution < -0.4 is 5.32 Å². The van der Waals surface area contributed by atoms with E-state index in [-0.39, 0.29) is 24.5 Å². The minimum Gasteiger partial charge on any atom is -0.396 e. The predicted octanol–water partition coefficient (Wildman–Crippen LogP) is 0.746. The molecule has 0 saturated carbocycles. The Hall–Kier alpha value is -0.610. The molecule has 4 nitrogen and oxygen atoms in total. The lowest BCUT2D eigenvalue weighted by atomic mass is 9.88. The normalized spacial score (nSPS) is 31.2. The summed E-state index contributed by atoms with van der Waals surface area (Å²) in [5, 5.41) is 12.4. The van der Waals surface area contributed by atoms with Crippen molar-refractivity contribution in [1.82, 2.24) is 10.2 Å². The van der Waals surface area contributed by atoms with Gasteiger partial charge in [-0.1, -0.05) is 0 Å². The van der Waals surface area contributed by atoms with E-state index in [4.69, 9.17) is 5.11 Å². The molecule has 4 heteroatoms. The van der Waals surface area contributed by atoms with Crippen LogP contribution in [0.2, 0.25) is 0 Å². The summed E-state index contributed by atoms with van der Waals surface area (Å²) in [6, 6.07) is 1.21. The highest BCUT2D eigenvalue weighted by molar-refractivity contribution is 5.80. The van der Waals surface area contributed by atoms with Gasteiger partial charge in [0.15, 0.2) is 0 Å². The zero-order chi connectivity index (χ0) is 12.4. The number of amides is 1. The van der Waals surface area contributed by atoms with Gasteiger partial charge in [-0.3, -0.25) is 4.79 Å². The second-order valence-electron chi connectivity index (χ2n) is 5.59. The number of carbonyl (C=O) groups excluding carboxylic acids is 1. The quantitative estimate of drug-likeness (QED) is 0.745. The molecular weight excluding hydrogens is 216 g/mol. The Kier molecular flexibility index (Phi) is 4.05. The highest BCUT2D eigenvalue weighted by Crippen LogP contribution is 2.34. The van der Waals surface area contributed by atoms with E-state index in [0.29, 0.717) is 25.0 Å². The van der Waals surface area contributed by atoms with Gasteiger partial charge in [0.05, 0.1) is 5.92 Å². The highest BCUT2D eigenvalue weighted by atomic mass is 16.3. The molecule has 2 heterocycles. The fourth-order valence-electron chi connectivity index (χ4n) is 3.17. The van der Waals surface area contributed by atoms with Crippen LogP contribution in [-0.4, -0.2) is 47.2 Å². The van der Waals surface area contributed by atoms with Crippen molar-refractivity contribution in [3.8, 4) is 0 Å². The van der Waals surface area contributed by atoms with Crippen LogP contribution in [0.3, 0.4) is 0 Å². The van der Waals surface area contributed by atoms with Crippen molar-refractivity contribution in [2.45, 2.75) is 57.7 Å². The third-order valence-electron chi connectivity index (χ3n) is 4.08. The van der Waals surface area contributed by atoms with E-state index >= 15 is 0 Å². The largest absolute Gasteiger partial charge is 0.396 e. The number of aliphatic hydroxyl groups is 1. The van der Waals surface area contributed by atoms with E-state index < -0.39 is 0 Å². The summed E-state index contributed by atoms with van der Waals surface area (Å²) in [5.41, 5.74) is 0. The predicted molar refractivity (Wildman–Crippen MR) is 66.6 cm³/mol. The molecule has 2 fully saturated rings. The molecule has 3 unspecified atom stereocenters. The third kappa shape index (κ3) is 2.63. The average molecular weight is 240 g/mol. The number of hydrogen-bond donors (Lipinski definition) is 2. The Balaban J connectivity index is 1.96. The van der Waals surface area contributed by atoms with Crippen molar-refractivity contribution in [3.05, 3.63) is 0 Å². The summed E-state index contributed by atoms with van der Waals surface area (Å²) in [6.07, 6.45) is 4.06. The summed E-state index contributed by atoms with van der Waals surface area (Å²) in [6.45, 7) is 4.94. The zero-order valence-corrected chi connectivity index (χ0v) is 10.9. The zero-order valence-electron chi connectivity index (χ0n) is 10.9. The Morgan fingerprint density at radius 3 is 2.71 bits per heavy atom. The number of aliphatic hydroxyl groups excluding tert-OH is 1. The van der Waals surface area contributed by atoms with Crippen LogP contribution >= 0.6 is 0 Å². The van der Waals surface area contributed by atoms with Gasteiger partial charge in [0.2, 0.25) is 5.91 Å². The molecule has 98 valence electrons. The van der Waals surface area contributed by atoms with Crippen LogP contribution in [0.4, 0.5) is 0 Å². The van der Waals surface area contributed by atoms with Gasteiger partial charge in [0, 0.05) is 31.3 Å². The van der Waals surface area contributed by atoms with Crippen LogP contribution in [0.15, 0.2) is 0 Å². The van der Waals surface area contributed by atoms with Crippen molar-refractivity contribution in [2.24, 2.45) is 5.92 Å². The number of fused-ring (bicyclic) bond motifs is 2. The maximum Gasteiger partial charge on any atom is 0.227 e. The molecule has 1 amide bonds. The monoisotopic (exact) mass is 240 g/mol. The molecule has 2 N–H and O–H groups in total. The van der Waals surface area contributed by atoms with E-state index in [1.165, 1.54) is 6.42 Å². The van der Waals surface area contributed by atoms with Crippen molar-refractivity contribution in [3.63, 3.8) is 0 Å². The molecule has 0 aromatic heterocycles. The third-order valence-corrected chi connectivity index (χ3v) is 4.08. The van der Waals surface area contributed by atoms with E-state index in [2.05, 4.69) is 19.2 Å². The summed E-state index contributed by atoms with van der Waals surface area (Å²) >= 11 is 0. The van der Waals surface area contributed by atoms with Crippen molar-refractivity contribution in [2.75, 3.05) is 13.2 Å². The van der Waals surface area contributed by atoms with Crippen LogP contribution in [0.5, 0.6) is 0 Å². The summed E-state index contributed by atoms with van der Waals surface area (Å²) < 4.78 is 0. The van der Waals surface area contributed by atoms with Gasteiger partial charge < -0.3 is 15.3 Å².